The Morgan fingerprint density at radius 2 is 1.49 bits per heavy atom. The Balaban J connectivity index is 1.77. The van der Waals surface area contributed by atoms with Gasteiger partial charge in [-0.25, -0.2) is 4.79 Å². The lowest BCUT2D eigenvalue weighted by molar-refractivity contribution is 0.114. The molecule has 0 radical (unpaired) electrons. The van der Waals surface area contributed by atoms with Gasteiger partial charge in [0, 0.05) is 11.8 Å². The zero-order valence-electron chi connectivity index (χ0n) is 19.7. The summed E-state index contributed by atoms with van der Waals surface area (Å²) in [6, 6.07) is 31.5. The molecule has 4 nitrogen and oxygen atoms in total. The maximum atomic E-state index is 12.8. The lowest BCUT2D eigenvalue weighted by atomic mass is 9.84. The van der Waals surface area contributed by atoms with Crippen molar-refractivity contribution in [1.29, 1.82) is 0 Å². The van der Waals surface area contributed by atoms with Crippen LogP contribution in [0.5, 0.6) is 0 Å². The third-order valence-electron chi connectivity index (χ3n) is 6.21. The smallest absolute Gasteiger partial charge is 0.410 e. The van der Waals surface area contributed by atoms with Crippen LogP contribution < -0.4 is 0 Å². The average molecular weight is 486 g/mol. The van der Waals surface area contributed by atoms with Gasteiger partial charge in [0.15, 0.2) is 0 Å². The first-order chi connectivity index (χ1) is 17.2. The molecule has 2 atom stereocenters. The number of carbonyl (C=O) groups is 1. The summed E-state index contributed by atoms with van der Waals surface area (Å²) in [7, 11) is 0. The van der Waals surface area contributed by atoms with Gasteiger partial charge in [0.1, 0.15) is 6.61 Å². The number of carbonyl (C=O) groups excluding carboxylic acids is 1. The number of amides is 1. The topological polar surface area (TPSA) is 49.8 Å². The highest BCUT2D eigenvalue weighted by Gasteiger charge is 2.43. The van der Waals surface area contributed by atoms with Crippen molar-refractivity contribution in [2.45, 2.75) is 22.5 Å². The molecule has 1 amide bonds. The SMILES string of the molecule is C=CCOC(=O)N1C[C@@H](SC(c2ccccc2)(c2ccccc2)c2ccccc2)C[C@H]1C=CCO. The van der Waals surface area contributed by atoms with Crippen molar-refractivity contribution >= 4 is 17.9 Å². The number of nitrogens with zero attached hydrogens (tertiary/aromatic N) is 1. The fraction of sp³-hybridized carbons (Fsp3) is 0.233. The molecule has 1 saturated heterocycles. The molecule has 3 aromatic rings. The number of hydrogen-bond donors (Lipinski definition) is 1. The molecule has 5 heteroatoms. The fourth-order valence-electron chi connectivity index (χ4n) is 4.71. The molecule has 180 valence electrons. The van der Waals surface area contributed by atoms with Crippen molar-refractivity contribution in [3.8, 4) is 0 Å². The van der Waals surface area contributed by atoms with Gasteiger partial charge < -0.3 is 14.7 Å². The predicted molar refractivity (Wildman–Crippen MR) is 143 cm³/mol. The van der Waals surface area contributed by atoms with E-state index in [0.29, 0.717) is 6.54 Å². The predicted octanol–water partition coefficient (Wildman–Crippen LogP) is 6.03. The molecule has 35 heavy (non-hydrogen) atoms. The molecule has 3 aromatic carbocycles. The molecule has 4 rings (SSSR count). The Morgan fingerprint density at radius 1 is 0.971 bits per heavy atom. The van der Waals surface area contributed by atoms with Gasteiger partial charge in [0.05, 0.1) is 17.4 Å². The molecule has 1 aliphatic heterocycles. The molecular formula is C30H31NO3S. The molecule has 0 aromatic heterocycles. The molecule has 0 aliphatic carbocycles. The molecule has 0 saturated carbocycles. The minimum Gasteiger partial charge on any atom is -0.445 e. The van der Waals surface area contributed by atoms with Crippen LogP contribution in [0.1, 0.15) is 23.1 Å². The molecule has 0 bridgehead atoms. The quantitative estimate of drug-likeness (QED) is 0.297. The van der Waals surface area contributed by atoms with E-state index in [9.17, 15) is 9.90 Å². The maximum absolute atomic E-state index is 12.8. The summed E-state index contributed by atoms with van der Waals surface area (Å²) >= 11 is 1.88. The molecular weight excluding hydrogens is 454 g/mol. The number of aliphatic hydroxyl groups excluding tert-OH is 1. The van der Waals surface area contributed by atoms with E-state index in [1.165, 1.54) is 16.7 Å². The summed E-state index contributed by atoms with van der Waals surface area (Å²) < 4.78 is 4.92. The van der Waals surface area contributed by atoms with Crippen molar-refractivity contribution in [2.75, 3.05) is 19.8 Å². The first-order valence-corrected chi connectivity index (χ1v) is 12.7. The van der Waals surface area contributed by atoms with E-state index < -0.39 is 4.75 Å². The maximum Gasteiger partial charge on any atom is 0.410 e. The normalized spacial score (nSPS) is 18.0. The molecule has 1 heterocycles. The Hall–Kier alpha value is -3.28. The van der Waals surface area contributed by atoms with Gasteiger partial charge in [-0.05, 0) is 23.1 Å². The van der Waals surface area contributed by atoms with Crippen molar-refractivity contribution in [3.05, 3.63) is 132 Å². The van der Waals surface area contributed by atoms with Crippen molar-refractivity contribution < 1.29 is 14.6 Å². The minimum absolute atomic E-state index is 0.0637. The van der Waals surface area contributed by atoms with Crippen LogP contribution in [0.15, 0.2) is 116 Å². The minimum atomic E-state index is -0.458. The number of aliphatic hydroxyl groups is 1. The Kier molecular flexibility index (Phi) is 8.45. The third-order valence-corrected chi connectivity index (χ3v) is 7.95. The van der Waals surface area contributed by atoms with Crippen molar-refractivity contribution in [3.63, 3.8) is 0 Å². The highest BCUT2D eigenvalue weighted by Crippen LogP contribution is 2.52. The number of likely N-dealkylation sites (tertiary alicyclic amines) is 1. The zero-order valence-corrected chi connectivity index (χ0v) is 20.5. The van der Waals surface area contributed by atoms with Crippen LogP contribution in [-0.2, 0) is 9.48 Å². The standard InChI is InChI=1S/C30H31NO3S/c1-2-21-34-29(33)31-23-28(22-27(31)19-12-20-32)35-30(24-13-6-3-7-14-24,25-15-8-4-9-16-25)26-17-10-5-11-18-26/h2-19,27-28,32H,1,20-23H2/t27-,28+/m1/s1. The van der Waals surface area contributed by atoms with Crippen LogP contribution in [0.3, 0.4) is 0 Å². The summed E-state index contributed by atoms with van der Waals surface area (Å²) in [6.45, 7) is 4.30. The summed E-state index contributed by atoms with van der Waals surface area (Å²) in [6.07, 6.45) is 5.59. The van der Waals surface area contributed by atoms with Gasteiger partial charge in [-0.15, -0.1) is 11.8 Å². The first-order valence-electron chi connectivity index (χ1n) is 11.8. The Labute approximate surface area is 211 Å². The van der Waals surface area contributed by atoms with E-state index in [0.717, 1.165) is 6.42 Å². The molecule has 1 aliphatic rings. The first kappa shape index (κ1) is 24.8. The van der Waals surface area contributed by atoms with Crippen LogP contribution in [-0.4, -0.2) is 47.1 Å². The summed E-state index contributed by atoms with van der Waals surface area (Å²) in [5, 5.41) is 9.49. The second-order valence-electron chi connectivity index (χ2n) is 8.45. The number of benzene rings is 3. The average Bonchev–Trinajstić information content (AvgIpc) is 3.33. The highest BCUT2D eigenvalue weighted by molar-refractivity contribution is 8.01. The van der Waals surface area contributed by atoms with Gasteiger partial charge in [0.25, 0.3) is 0 Å². The lowest BCUT2D eigenvalue weighted by Crippen LogP contribution is -2.36. The van der Waals surface area contributed by atoms with E-state index in [1.54, 1.807) is 17.1 Å². The summed E-state index contributed by atoms with van der Waals surface area (Å²) in [4.78, 5) is 14.6. The molecule has 1 N–H and O–H groups in total. The van der Waals surface area contributed by atoms with E-state index in [-0.39, 0.29) is 30.6 Å². The van der Waals surface area contributed by atoms with Gasteiger partial charge in [0.2, 0.25) is 0 Å². The fourth-order valence-corrected chi connectivity index (χ4v) is 6.55. The number of hydrogen-bond acceptors (Lipinski definition) is 4. The van der Waals surface area contributed by atoms with Gasteiger partial charge in [-0.3, -0.25) is 0 Å². The van der Waals surface area contributed by atoms with Gasteiger partial charge in [-0.2, -0.15) is 0 Å². The lowest BCUT2D eigenvalue weighted by Gasteiger charge is -2.37. The second kappa shape index (κ2) is 11.9. The van der Waals surface area contributed by atoms with Crippen molar-refractivity contribution in [2.24, 2.45) is 0 Å². The molecule has 0 unspecified atom stereocenters. The molecule has 0 spiro atoms. The Bertz CT molecular complexity index is 1020. The number of ether oxygens (including phenoxy) is 1. The largest absolute Gasteiger partial charge is 0.445 e. The van der Waals surface area contributed by atoms with Crippen LogP contribution >= 0.6 is 11.8 Å². The third kappa shape index (κ3) is 5.53. The highest BCUT2D eigenvalue weighted by atomic mass is 32.2. The number of thioether (sulfide) groups is 1. The monoisotopic (exact) mass is 485 g/mol. The van der Waals surface area contributed by atoms with Crippen LogP contribution in [0.25, 0.3) is 0 Å². The van der Waals surface area contributed by atoms with Crippen LogP contribution in [0.4, 0.5) is 4.79 Å². The number of rotatable bonds is 9. The summed E-state index contributed by atoms with van der Waals surface area (Å²) in [5.74, 6) is 0. The van der Waals surface area contributed by atoms with Crippen molar-refractivity contribution in [1.82, 2.24) is 4.90 Å². The Morgan fingerprint density at radius 3 is 1.94 bits per heavy atom. The molecule has 1 fully saturated rings. The second-order valence-corrected chi connectivity index (χ2v) is 9.97. The van der Waals surface area contributed by atoms with Gasteiger partial charge >= 0.3 is 6.09 Å². The summed E-state index contributed by atoms with van der Waals surface area (Å²) in [5.41, 5.74) is 3.58. The zero-order chi connectivity index (χ0) is 24.5. The van der Waals surface area contributed by atoms with E-state index in [4.69, 9.17) is 4.74 Å². The van der Waals surface area contributed by atoms with E-state index >= 15 is 0 Å². The van der Waals surface area contributed by atoms with Crippen LogP contribution in [0, 0.1) is 0 Å². The van der Waals surface area contributed by atoms with E-state index in [2.05, 4.69) is 79.4 Å². The van der Waals surface area contributed by atoms with Crippen LogP contribution in [0.2, 0.25) is 0 Å². The van der Waals surface area contributed by atoms with Gasteiger partial charge in [-0.1, -0.05) is 116 Å². The van der Waals surface area contributed by atoms with E-state index in [1.807, 2.05) is 36.0 Å².